The van der Waals surface area contributed by atoms with E-state index in [1.165, 1.54) is 15.4 Å². The van der Waals surface area contributed by atoms with Gasteiger partial charge in [0.15, 0.2) is 0 Å². The number of rotatable bonds is 3. The van der Waals surface area contributed by atoms with Crippen LogP contribution in [0.25, 0.3) is 4.48 Å². The lowest BCUT2D eigenvalue weighted by Crippen LogP contribution is -2.34. The van der Waals surface area contributed by atoms with Crippen molar-refractivity contribution < 1.29 is 8.42 Å². The van der Waals surface area contributed by atoms with Gasteiger partial charge in [-0.2, -0.15) is 0 Å². The van der Waals surface area contributed by atoms with Crippen LogP contribution < -0.4 is 4.31 Å². The minimum absolute atomic E-state index is 0.283. The molecule has 1 aliphatic heterocycles. The van der Waals surface area contributed by atoms with Crippen molar-refractivity contribution in [3.63, 3.8) is 0 Å². The van der Waals surface area contributed by atoms with Gasteiger partial charge in [-0.3, -0.25) is 4.31 Å². The molecule has 0 amide bonds. The van der Waals surface area contributed by atoms with Crippen molar-refractivity contribution >= 4 is 47.9 Å². The predicted molar refractivity (Wildman–Crippen MR) is 130 cm³/mol. The van der Waals surface area contributed by atoms with Crippen molar-refractivity contribution in [1.29, 1.82) is 0 Å². The van der Waals surface area contributed by atoms with Gasteiger partial charge in [0.2, 0.25) is 0 Å². The van der Waals surface area contributed by atoms with Crippen molar-refractivity contribution in [1.82, 2.24) is 0 Å². The molecule has 6 heteroatoms. The lowest BCUT2D eigenvalue weighted by Gasteiger charge is -2.32. The summed E-state index contributed by atoms with van der Waals surface area (Å²) in [6.45, 7) is 6.37. The van der Waals surface area contributed by atoms with E-state index in [2.05, 4.69) is 48.0 Å². The van der Waals surface area contributed by atoms with Gasteiger partial charge in [-0.15, -0.1) is 0 Å². The predicted octanol–water partition coefficient (Wildman–Crippen LogP) is 6.68. The lowest BCUT2D eigenvalue weighted by molar-refractivity contribution is 0.592. The summed E-state index contributed by atoms with van der Waals surface area (Å²) in [5, 5.41) is 0. The number of para-hydroxylation sites is 1. The van der Waals surface area contributed by atoms with Crippen molar-refractivity contribution in [2.45, 2.75) is 30.6 Å². The lowest BCUT2D eigenvalue weighted by atomic mass is 10.1. The monoisotopic (exact) mass is 499 g/mol. The molecule has 154 valence electrons. The van der Waals surface area contributed by atoms with Gasteiger partial charge in [0.25, 0.3) is 10.0 Å². The van der Waals surface area contributed by atoms with Gasteiger partial charge in [0.1, 0.15) is 0 Å². The molecule has 0 N–H and O–H groups in total. The van der Waals surface area contributed by atoms with Crippen molar-refractivity contribution in [2.24, 2.45) is 0 Å². The van der Waals surface area contributed by atoms with Gasteiger partial charge in [0, 0.05) is 14.3 Å². The molecule has 4 rings (SSSR count). The fourth-order valence-electron chi connectivity index (χ4n) is 3.56. The van der Waals surface area contributed by atoms with E-state index in [0.717, 1.165) is 25.4 Å². The minimum Gasteiger partial charge on any atom is -0.260 e. The molecular formula is C24H22BrNO2S2. The summed E-state index contributed by atoms with van der Waals surface area (Å²) in [4.78, 5) is 2.20. The summed E-state index contributed by atoms with van der Waals surface area (Å²) >= 11 is 5.38. The van der Waals surface area contributed by atoms with Crippen LogP contribution in [0.1, 0.15) is 22.3 Å². The van der Waals surface area contributed by atoms with Crippen LogP contribution in [0.2, 0.25) is 0 Å². The number of fused-ring (bicyclic) bond motifs is 1. The van der Waals surface area contributed by atoms with Crippen molar-refractivity contribution in [3.05, 3.63) is 93.9 Å². The van der Waals surface area contributed by atoms with Crippen molar-refractivity contribution in [2.75, 3.05) is 10.8 Å². The van der Waals surface area contributed by atoms with Crippen LogP contribution in [0.3, 0.4) is 0 Å². The van der Waals surface area contributed by atoms with E-state index >= 15 is 0 Å². The van der Waals surface area contributed by atoms with Crippen LogP contribution in [0.5, 0.6) is 0 Å². The molecule has 0 radical (unpaired) electrons. The summed E-state index contributed by atoms with van der Waals surface area (Å²) in [7, 11) is -3.69. The van der Waals surface area contributed by atoms with Crippen LogP contribution in [0.4, 0.5) is 5.69 Å². The van der Waals surface area contributed by atoms with Gasteiger partial charge in [-0.1, -0.05) is 70.9 Å². The Kier molecular flexibility index (Phi) is 5.84. The Morgan fingerprint density at radius 2 is 1.53 bits per heavy atom. The molecule has 0 fully saturated rings. The molecule has 3 aromatic rings. The molecule has 3 aromatic carbocycles. The molecule has 0 bridgehead atoms. The number of benzene rings is 3. The zero-order valence-corrected chi connectivity index (χ0v) is 20.2. The number of hydrogen-bond acceptors (Lipinski definition) is 3. The quantitative estimate of drug-likeness (QED) is 0.403. The highest BCUT2D eigenvalue weighted by molar-refractivity contribution is 9.15. The van der Waals surface area contributed by atoms with Crippen molar-refractivity contribution in [3.8, 4) is 0 Å². The average Bonchev–Trinajstić information content (AvgIpc) is 2.72. The number of nitrogens with zero attached hydrogens (tertiary/aromatic N) is 1. The third kappa shape index (κ3) is 4.09. The number of hydrogen-bond donors (Lipinski definition) is 0. The van der Waals surface area contributed by atoms with E-state index < -0.39 is 10.0 Å². The summed E-state index contributed by atoms with van der Waals surface area (Å²) in [5.74, 6) is 0. The van der Waals surface area contributed by atoms with Crippen LogP contribution in [-0.2, 0) is 10.0 Å². The second kappa shape index (κ2) is 8.25. The van der Waals surface area contributed by atoms with Gasteiger partial charge in [-0.05, 0) is 66.5 Å². The smallest absolute Gasteiger partial charge is 0.260 e. The third-order valence-corrected chi connectivity index (χ3v) is 9.10. The van der Waals surface area contributed by atoms with E-state index in [9.17, 15) is 8.42 Å². The molecule has 0 spiro atoms. The average molecular weight is 500 g/mol. The molecule has 3 nitrogen and oxygen atoms in total. The molecule has 0 aliphatic carbocycles. The zero-order chi connectivity index (χ0) is 21.5. The molecule has 0 unspecified atom stereocenters. The summed E-state index contributed by atoms with van der Waals surface area (Å²) in [6.07, 6.45) is 0. The maximum Gasteiger partial charge on any atom is 0.264 e. The Morgan fingerprint density at radius 3 is 2.20 bits per heavy atom. The maximum absolute atomic E-state index is 13.6. The topological polar surface area (TPSA) is 37.4 Å². The van der Waals surface area contributed by atoms with Gasteiger partial charge < -0.3 is 0 Å². The van der Waals surface area contributed by atoms with Crippen LogP contribution in [0.15, 0.2) is 81.4 Å². The molecule has 1 aliphatic rings. The highest BCUT2D eigenvalue weighted by atomic mass is 79.9. The largest absolute Gasteiger partial charge is 0.264 e. The first-order chi connectivity index (χ1) is 14.3. The van der Waals surface area contributed by atoms with Crippen LogP contribution in [0, 0.1) is 20.8 Å². The fourth-order valence-corrected chi connectivity index (χ4v) is 6.84. The first-order valence-corrected chi connectivity index (χ1v) is 12.6. The summed E-state index contributed by atoms with van der Waals surface area (Å²) < 4.78 is 29.6. The van der Waals surface area contributed by atoms with E-state index in [0.29, 0.717) is 10.6 Å². The molecule has 0 saturated carbocycles. The van der Waals surface area contributed by atoms with Crippen LogP contribution >= 0.6 is 27.7 Å². The second-order valence-corrected chi connectivity index (χ2v) is 11.3. The van der Waals surface area contributed by atoms with Gasteiger partial charge in [0.05, 0.1) is 17.1 Å². The number of anilines is 1. The molecule has 0 aromatic heterocycles. The second-order valence-electron chi connectivity index (χ2n) is 7.51. The number of aryl methyl sites for hydroxylation is 3. The molecule has 0 atom stereocenters. The Bertz CT molecular complexity index is 1230. The first-order valence-electron chi connectivity index (χ1n) is 9.59. The first kappa shape index (κ1) is 21.2. The highest BCUT2D eigenvalue weighted by Crippen LogP contribution is 2.46. The third-order valence-electron chi connectivity index (χ3n) is 4.98. The molecule has 0 saturated heterocycles. The normalized spacial score (nSPS) is 15.7. The summed E-state index contributed by atoms with van der Waals surface area (Å²) in [5.41, 5.74) is 5.15. The number of thioether (sulfide) groups is 1. The number of halogens is 1. The highest BCUT2D eigenvalue weighted by Gasteiger charge is 2.32. The Morgan fingerprint density at radius 1 is 0.900 bits per heavy atom. The fraction of sp³-hybridized carbons (Fsp3) is 0.167. The number of sulfonamides is 1. The Hall–Kier alpha value is -2.02. The van der Waals surface area contributed by atoms with Crippen LogP contribution in [-0.4, -0.2) is 15.0 Å². The zero-order valence-electron chi connectivity index (χ0n) is 17.0. The molecule has 1 heterocycles. The molecular weight excluding hydrogens is 478 g/mol. The summed E-state index contributed by atoms with van der Waals surface area (Å²) in [6, 6.07) is 21.0. The van der Waals surface area contributed by atoms with E-state index in [1.54, 1.807) is 23.9 Å². The SMILES string of the molecule is Cc1ccc(S(=O)(=O)N2C/C(=C(\Br)c3cc(C)cc(C)c3)Sc3ccccc32)cc1. The van der Waals surface area contributed by atoms with Gasteiger partial charge >= 0.3 is 0 Å². The van der Waals surface area contributed by atoms with E-state index in [-0.39, 0.29) is 6.54 Å². The maximum atomic E-state index is 13.6. The van der Waals surface area contributed by atoms with Gasteiger partial charge in [-0.25, -0.2) is 8.42 Å². The minimum atomic E-state index is -3.69. The van der Waals surface area contributed by atoms with E-state index in [4.69, 9.17) is 0 Å². The Balaban J connectivity index is 1.84. The Labute approximate surface area is 191 Å². The molecule has 30 heavy (non-hydrogen) atoms. The standard InChI is InChI=1S/C24H22BrNO2S2/c1-16-8-10-20(11-9-16)30(27,28)26-15-23(29-22-7-5-4-6-21(22)26)24(25)19-13-17(2)12-18(3)14-19/h4-14H,15H2,1-3H3/b24-23+. The van der Waals surface area contributed by atoms with E-state index in [1.807, 2.05) is 43.3 Å².